The molecule has 22 heavy (non-hydrogen) atoms. The molecule has 0 radical (unpaired) electrons. The molecule has 0 spiro atoms. The lowest BCUT2D eigenvalue weighted by molar-refractivity contribution is 0.0526. The largest absolute Gasteiger partial charge is 0.491 e. The second kappa shape index (κ2) is 11.0. The molecule has 6 heteroatoms. The van der Waals surface area contributed by atoms with Gasteiger partial charge in [0.25, 0.3) is 0 Å². The summed E-state index contributed by atoms with van der Waals surface area (Å²) in [6.45, 7) is 4.26. The first-order chi connectivity index (χ1) is 10.7. The van der Waals surface area contributed by atoms with Gasteiger partial charge in [-0.05, 0) is 44.2 Å². The third-order valence-corrected chi connectivity index (χ3v) is 2.89. The van der Waals surface area contributed by atoms with Crippen LogP contribution in [0.5, 0.6) is 5.75 Å². The Labute approximate surface area is 131 Å². The highest BCUT2D eigenvalue weighted by Crippen LogP contribution is 2.13. The molecule has 1 aromatic carbocycles. The quantitative estimate of drug-likeness (QED) is 0.473. The van der Waals surface area contributed by atoms with Gasteiger partial charge < -0.3 is 24.6 Å². The highest BCUT2D eigenvalue weighted by Gasteiger charge is 2.07. The van der Waals surface area contributed by atoms with Crippen molar-refractivity contribution in [2.75, 3.05) is 40.0 Å². The fourth-order valence-corrected chi connectivity index (χ4v) is 1.76. The molecule has 0 aliphatic heterocycles. The van der Waals surface area contributed by atoms with Gasteiger partial charge in [-0.1, -0.05) is 0 Å². The molecule has 0 amide bonds. The maximum Gasteiger partial charge on any atom is 0.338 e. The van der Waals surface area contributed by atoms with Crippen molar-refractivity contribution in [3.63, 3.8) is 0 Å². The van der Waals surface area contributed by atoms with Crippen LogP contribution in [0.2, 0.25) is 0 Å². The molecule has 2 N–H and O–H groups in total. The molecule has 0 aliphatic rings. The Morgan fingerprint density at radius 2 is 2.05 bits per heavy atom. The first-order valence-electron chi connectivity index (χ1n) is 7.45. The van der Waals surface area contributed by atoms with Crippen LogP contribution in [0.3, 0.4) is 0 Å². The van der Waals surface area contributed by atoms with E-state index in [4.69, 9.17) is 14.2 Å². The van der Waals surface area contributed by atoms with E-state index in [1.54, 1.807) is 38.3 Å². The second-order valence-electron chi connectivity index (χ2n) is 4.76. The number of ether oxygens (including phenoxy) is 3. The van der Waals surface area contributed by atoms with Gasteiger partial charge in [-0.25, -0.2) is 4.79 Å². The topological polar surface area (TPSA) is 77.0 Å². The van der Waals surface area contributed by atoms with E-state index in [0.29, 0.717) is 31.1 Å². The Morgan fingerprint density at radius 3 is 2.68 bits per heavy atom. The smallest absolute Gasteiger partial charge is 0.338 e. The number of methoxy groups -OCH3 is 1. The number of nitrogens with one attached hydrogen (secondary N) is 1. The average Bonchev–Trinajstić information content (AvgIpc) is 2.53. The monoisotopic (exact) mass is 311 g/mol. The van der Waals surface area contributed by atoms with Crippen LogP contribution in [-0.2, 0) is 9.47 Å². The van der Waals surface area contributed by atoms with Crippen molar-refractivity contribution in [1.82, 2.24) is 5.32 Å². The lowest BCUT2D eigenvalue weighted by atomic mass is 10.2. The summed E-state index contributed by atoms with van der Waals surface area (Å²) in [4.78, 5) is 11.5. The maximum absolute atomic E-state index is 11.5. The van der Waals surface area contributed by atoms with Crippen LogP contribution in [0.25, 0.3) is 0 Å². The lowest BCUT2D eigenvalue weighted by Crippen LogP contribution is -2.32. The number of carbonyl (C=O) groups excluding carboxylic acids is 1. The number of aliphatic hydroxyl groups excluding tert-OH is 1. The van der Waals surface area contributed by atoms with Gasteiger partial charge in [0.15, 0.2) is 0 Å². The second-order valence-corrected chi connectivity index (χ2v) is 4.76. The summed E-state index contributed by atoms with van der Waals surface area (Å²) in [5.41, 5.74) is 0.481. The van der Waals surface area contributed by atoms with E-state index in [2.05, 4.69) is 5.32 Å². The number of carbonyl (C=O) groups is 1. The lowest BCUT2D eigenvalue weighted by Gasteiger charge is -2.13. The van der Waals surface area contributed by atoms with Crippen LogP contribution < -0.4 is 10.1 Å². The third-order valence-electron chi connectivity index (χ3n) is 2.89. The average molecular weight is 311 g/mol. The summed E-state index contributed by atoms with van der Waals surface area (Å²) in [5, 5.41) is 12.9. The van der Waals surface area contributed by atoms with Crippen LogP contribution in [-0.4, -0.2) is 57.2 Å². The third kappa shape index (κ3) is 7.40. The van der Waals surface area contributed by atoms with Gasteiger partial charge in [-0.15, -0.1) is 0 Å². The van der Waals surface area contributed by atoms with Crippen LogP contribution in [0.4, 0.5) is 0 Å². The minimum atomic E-state index is -0.590. The number of esters is 1. The van der Waals surface area contributed by atoms with Crippen LogP contribution >= 0.6 is 0 Å². The molecular formula is C16H25NO5. The van der Waals surface area contributed by atoms with Gasteiger partial charge in [0.1, 0.15) is 18.5 Å². The van der Waals surface area contributed by atoms with Crippen molar-refractivity contribution in [2.24, 2.45) is 0 Å². The molecule has 1 atom stereocenters. The fourth-order valence-electron chi connectivity index (χ4n) is 1.76. The van der Waals surface area contributed by atoms with E-state index in [-0.39, 0.29) is 12.6 Å². The van der Waals surface area contributed by atoms with Gasteiger partial charge >= 0.3 is 5.97 Å². The molecule has 0 saturated heterocycles. The molecule has 0 aromatic heterocycles. The first kappa shape index (κ1) is 18.4. The Balaban J connectivity index is 2.25. The molecule has 124 valence electrons. The zero-order chi connectivity index (χ0) is 16.2. The number of hydrogen-bond donors (Lipinski definition) is 2. The summed E-state index contributed by atoms with van der Waals surface area (Å²) in [6.07, 6.45) is 0.312. The van der Waals surface area contributed by atoms with Gasteiger partial charge in [0, 0.05) is 20.3 Å². The van der Waals surface area contributed by atoms with Crippen molar-refractivity contribution in [1.29, 1.82) is 0 Å². The van der Waals surface area contributed by atoms with Crippen molar-refractivity contribution in [3.8, 4) is 5.75 Å². The Morgan fingerprint density at radius 1 is 1.32 bits per heavy atom. The number of rotatable bonds is 11. The minimum Gasteiger partial charge on any atom is -0.491 e. The molecule has 0 aliphatic carbocycles. The van der Waals surface area contributed by atoms with E-state index in [9.17, 15) is 9.90 Å². The molecule has 0 bridgehead atoms. The molecule has 1 rings (SSSR count). The van der Waals surface area contributed by atoms with Crippen molar-refractivity contribution in [2.45, 2.75) is 19.4 Å². The zero-order valence-electron chi connectivity index (χ0n) is 13.2. The molecule has 0 heterocycles. The van der Waals surface area contributed by atoms with Crippen molar-refractivity contribution < 1.29 is 24.1 Å². The van der Waals surface area contributed by atoms with E-state index in [1.807, 2.05) is 0 Å². The standard InChI is InChI=1S/C16H25NO5/c1-3-21-16(19)13-5-7-15(8-6-13)22-12-14(18)11-17-9-4-10-20-2/h5-8,14,17-18H,3-4,9-12H2,1-2H3/t14-/m0/s1. The van der Waals surface area contributed by atoms with Crippen molar-refractivity contribution >= 4 is 5.97 Å². The predicted octanol–water partition coefficient (Wildman–Crippen LogP) is 1.23. The summed E-state index contributed by atoms with van der Waals surface area (Å²) in [6, 6.07) is 6.65. The van der Waals surface area contributed by atoms with Gasteiger partial charge in [0.2, 0.25) is 0 Å². The van der Waals surface area contributed by atoms with Gasteiger partial charge in [0.05, 0.1) is 12.2 Å². The van der Waals surface area contributed by atoms with E-state index < -0.39 is 6.10 Å². The summed E-state index contributed by atoms with van der Waals surface area (Å²) in [7, 11) is 1.66. The Bertz CT molecular complexity index is 421. The van der Waals surface area contributed by atoms with Crippen LogP contribution in [0.15, 0.2) is 24.3 Å². The summed E-state index contributed by atoms with van der Waals surface area (Å²) >= 11 is 0. The van der Waals surface area contributed by atoms with Crippen LogP contribution in [0.1, 0.15) is 23.7 Å². The number of aliphatic hydroxyl groups is 1. The SMILES string of the molecule is CCOC(=O)c1ccc(OC[C@@H](O)CNCCCOC)cc1. The number of benzene rings is 1. The highest BCUT2D eigenvalue weighted by atomic mass is 16.5. The van der Waals surface area contributed by atoms with E-state index in [1.165, 1.54) is 0 Å². The van der Waals surface area contributed by atoms with Gasteiger partial charge in [-0.2, -0.15) is 0 Å². The molecule has 0 fully saturated rings. The zero-order valence-corrected chi connectivity index (χ0v) is 13.2. The summed E-state index contributed by atoms with van der Waals surface area (Å²) < 4.78 is 15.3. The Hall–Kier alpha value is -1.63. The molecule has 0 saturated carbocycles. The fraction of sp³-hybridized carbons (Fsp3) is 0.562. The first-order valence-corrected chi connectivity index (χ1v) is 7.45. The normalized spacial score (nSPS) is 12.0. The minimum absolute atomic E-state index is 0.191. The van der Waals surface area contributed by atoms with E-state index in [0.717, 1.165) is 13.0 Å². The number of hydrogen-bond acceptors (Lipinski definition) is 6. The van der Waals surface area contributed by atoms with Crippen molar-refractivity contribution in [3.05, 3.63) is 29.8 Å². The van der Waals surface area contributed by atoms with E-state index >= 15 is 0 Å². The van der Waals surface area contributed by atoms with Gasteiger partial charge in [-0.3, -0.25) is 0 Å². The maximum atomic E-state index is 11.5. The Kier molecular flexibility index (Phi) is 9.21. The molecular weight excluding hydrogens is 286 g/mol. The molecule has 6 nitrogen and oxygen atoms in total. The molecule has 1 aromatic rings. The highest BCUT2D eigenvalue weighted by molar-refractivity contribution is 5.89. The summed E-state index contributed by atoms with van der Waals surface area (Å²) in [5.74, 6) is 0.251. The predicted molar refractivity (Wildman–Crippen MR) is 83.3 cm³/mol. The molecule has 0 unspecified atom stereocenters. The van der Waals surface area contributed by atoms with Crippen LogP contribution in [0, 0.1) is 0 Å².